The van der Waals surface area contributed by atoms with E-state index in [1.54, 1.807) is 18.6 Å². The molecule has 12 heavy (non-hydrogen) atoms. The molecule has 0 saturated carbocycles. The van der Waals surface area contributed by atoms with Gasteiger partial charge in [0.05, 0.1) is 0 Å². The number of hydrogen-bond donors (Lipinski definition) is 1. The molecule has 0 amide bonds. The van der Waals surface area contributed by atoms with Gasteiger partial charge >= 0.3 is 0 Å². The average molecular weight is 162 g/mol. The van der Waals surface area contributed by atoms with E-state index in [9.17, 15) is 0 Å². The molecular formula is C8H10N4. The highest BCUT2D eigenvalue weighted by molar-refractivity contribution is 5.29. The molecule has 0 bridgehead atoms. The van der Waals surface area contributed by atoms with Crippen molar-refractivity contribution in [2.75, 3.05) is 5.32 Å². The molecule has 1 aromatic rings. The Balaban J connectivity index is 2.66. The highest BCUT2D eigenvalue weighted by Gasteiger charge is 1.94. The van der Waals surface area contributed by atoms with Crippen LogP contribution in [0.4, 0.5) is 5.95 Å². The summed E-state index contributed by atoms with van der Waals surface area (Å²) in [4.78, 5) is 7.88. The molecule has 1 aromatic heterocycles. The van der Waals surface area contributed by atoms with Crippen molar-refractivity contribution < 1.29 is 0 Å². The van der Waals surface area contributed by atoms with Crippen molar-refractivity contribution in [2.45, 2.75) is 19.8 Å². The third-order valence-electron chi connectivity index (χ3n) is 1.41. The van der Waals surface area contributed by atoms with Crippen molar-refractivity contribution in [1.29, 1.82) is 5.26 Å². The maximum absolute atomic E-state index is 8.25. The van der Waals surface area contributed by atoms with Gasteiger partial charge in [0.15, 0.2) is 6.19 Å². The van der Waals surface area contributed by atoms with Crippen molar-refractivity contribution in [3.8, 4) is 6.19 Å². The topological polar surface area (TPSA) is 61.6 Å². The van der Waals surface area contributed by atoms with Crippen LogP contribution in [0.1, 0.15) is 18.9 Å². The normalized spacial score (nSPS) is 9.00. The molecule has 0 aliphatic carbocycles. The van der Waals surface area contributed by atoms with E-state index in [1.807, 2.05) is 0 Å². The van der Waals surface area contributed by atoms with E-state index in [0.717, 1.165) is 18.4 Å². The highest BCUT2D eigenvalue weighted by atomic mass is 15.1. The molecule has 4 nitrogen and oxygen atoms in total. The van der Waals surface area contributed by atoms with Gasteiger partial charge in [-0.3, -0.25) is 5.32 Å². The maximum atomic E-state index is 8.25. The molecule has 0 aromatic carbocycles. The minimum absolute atomic E-state index is 0.359. The van der Waals surface area contributed by atoms with Gasteiger partial charge in [-0.25, -0.2) is 9.97 Å². The van der Waals surface area contributed by atoms with E-state index < -0.39 is 0 Å². The van der Waals surface area contributed by atoms with Crippen molar-refractivity contribution in [1.82, 2.24) is 9.97 Å². The van der Waals surface area contributed by atoms with Gasteiger partial charge in [0.1, 0.15) is 0 Å². The van der Waals surface area contributed by atoms with Gasteiger partial charge in [0, 0.05) is 12.4 Å². The third-order valence-corrected chi connectivity index (χ3v) is 1.41. The largest absolute Gasteiger partial charge is 0.261 e. The molecule has 1 heterocycles. The van der Waals surface area contributed by atoms with E-state index in [1.165, 1.54) is 0 Å². The van der Waals surface area contributed by atoms with Crippen molar-refractivity contribution in [3.05, 3.63) is 18.0 Å². The highest BCUT2D eigenvalue weighted by Crippen LogP contribution is 2.01. The second-order valence-electron chi connectivity index (χ2n) is 2.40. The van der Waals surface area contributed by atoms with Gasteiger partial charge in [-0.05, 0) is 12.0 Å². The Morgan fingerprint density at radius 1 is 1.50 bits per heavy atom. The summed E-state index contributed by atoms with van der Waals surface area (Å²) in [5.41, 5.74) is 1.10. The van der Waals surface area contributed by atoms with Crippen molar-refractivity contribution in [2.24, 2.45) is 0 Å². The quantitative estimate of drug-likeness (QED) is 0.538. The van der Waals surface area contributed by atoms with Crippen molar-refractivity contribution >= 4 is 5.95 Å². The lowest BCUT2D eigenvalue weighted by Gasteiger charge is -1.97. The number of nitrogens with zero attached hydrogens (tertiary/aromatic N) is 3. The molecule has 0 radical (unpaired) electrons. The van der Waals surface area contributed by atoms with Gasteiger partial charge in [0.25, 0.3) is 0 Å². The van der Waals surface area contributed by atoms with Crippen LogP contribution in [0.5, 0.6) is 0 Å². The van der Waals surface area contributed by atoms with Crippen LogP contribution in [0.2, 0.25) is 0 Å². The first-order valence-corrected chi connectivity index (χ1v) is 3.83. The molecule has 1 rings (SSSR count). The van der Waals surface area contributed by atoms with Crippen LogP contribution >= 0.6 is 0 Å². The van der Waals surface area contributed by atoms with E-state index in [0.29, 0.717) is 5.95 Å². The zero-order valence-electron chi connectivity index (χ0n) is 6.91. The fourth-order valence-corrected chi connectivity index (χ4v) is 0.887. The first-order chi connectivity index (χ1) is 5.86. The molecule has 0 atom stereocenters. The summed E-state index contributed by atoms with van der Waals surface area (Å²) in [6.45, 7) is 2.10. The second-order valence-corrected chi connectivity index (χ2v) is 2.40. The first-order valence-electron chi connectivity index (χ1n) is 3.83. The number of rotatable bonds is 3. The number of aromatic nitrogens is 2. The lowest BCUT2D eigenvalue weighted by molar-refractivity contribution is 0.902. The maximum Gasteiger partial charge on any atom is 0.236 e. The number of anilines is 1. The van der Waals surface area contributed by atoms with Crippen LogP contribution in [0.25, 0.3) is 0 Å². The zero-order chi connectivity index (χ0) is 8.81. The lowest BCUT2D eigenvalue weighted by Crippen LogP contribution is -1.96. The summed E-state index contributed by atoms with van der Waals surface area (Å²) in [6.07, 6.45) is 7.28. The summed E-state index contributed by atoms with van der Waals surface area (Å²) < 4.78 is 0. The van der Waals surface area contributed by atoms with Crippen LogP contribution in [-0.2, 0) is 6.42 Å². The minimum atomic E-state index is 0.359. The van der Waals surface area contributed by atoms with Crippen LogP contribution in [-0.4, -0.2) is 9.97 Å². The first kappa shape index (κ1) is 8.47. The molecule has 1 N–H and O–H groups in total. The van der Waals surface area contributed by atoms with Crippen molar-refractivity contribution in [3.63, 3.8) is 0 Å². The average Bonchev–Trinajstić information content (AvgIpc) is 2.09. The van der Waals surface area contributed by atoms with Gasteiger partial charge in [-0.1, -0.05) is 13.3 Å². The fourth-order valence-electron chi connectivity index (χ4n) is 0.887. The van der Waals surface area contributed by atoms with E-state index >= 15 is 0 Å². The van der Waals surface area contributed by atoms with Crippen LogP contribution in [0.3, 0.4) is 0 Å². The molecule has 0 aliphatic heterocycles. The molecule has 0 unspecified atom stereocenters. The molecule has 0 spiro atoms. The predicted molar refractivity (Wildman–Crippen MR) is 45.3 cm³/mol. The standard InChI is InChI=1S/C8H10N4/c1-2-3-7-4-10-8(11-5-7)12-6-9/h4-5H,2-3H2,1H3,(H,10,11,12). The Labute approximate surface area is 71.3 Å². The Bertz CT molecular complexity index is 272. The van der Waals surface area contributed by atoms with Crippen LogP contribution in [0, 0.1) is 11.5 Å². The summed E-state index contributed by atoms with van der Waals surface area (Å²) in [6, 6.07) is 0. The number of nitriles is 1. The summed E-state index contributed by atoms with van der Waals surface area (Å²) >= 11 is 0. The van der Waals surface area contributed by atoms with E-state index in [-0.39, 0.29) is 0 Å². The fraction of sp³-hybridized carbons (Fsp3) is 0.375. The van der Waals surface area contributed by atoms with Crippen LogP contribution in [0.15, 0.2) is 12.4 Å². The SMILES string of the molecule is CCCc1cnc(NC#N)nc1. The molecular weight excluding hydrogens is 152 g/mol. The smallest absolute Gasteiger partial charge is 0.236 e. The van der Waals surface area contributed by atoms with Crippen LogP contribution < -0.4 is 5.32 Å². The Morgan fingerprint density at radius 3 is 2.67 bits per heavy atom. The monoisotopic (exact) mass is 162 g/mol. The summed E-state index contributed by atoms with van der Waals surface area (Å²) in [5, 5.41) is 10.6. The summed E-state index contributed by atoms with van der Waals surface area (Å²) in [5.74, 6) is 0.359. The number of hydrogen-bond acceptors (Lipinski definition) is 4. The lowest BCUT2D eigenvalue weighted by atomic mass is 10.2. The third kappa shape index (κ3) is 2.20. The Kier molecular flexibility index (Phi) is 3.03. The zero-order valence-corrected chi connectivity index (χ0v) is 6.91. The molecule has 0 aliphatic rings. The Hall–Kier alpha value is -1.63. The van der Waals surface area contributed by atoms with Gasteiger partial charge in [0.2, 0.25) is 5.95 Å². The number of aryl methyl sites for hydroxylation is 1. The second kappa shape index (κ2) is 4.29. The predicted octanol–water partition coefficient (Wildman–Crippen LogP) is 1.32. The molecule has 62 valence electrons. The van der Waals surface area contributed by atoms with Gasteiger partial charge in [-0.15, -0.1) is 0 Å². The van der Waals surface area contributed by atoms with Gasteiger partial charge < -0.3 is 0 Å². The minimum Gasteiger partial charge on any atom is -0.261 e. The number of nitrogens with one attached hydrogen (secondary N) is 1. The van der Waals surface area contributed by atoms with E-state index in [2.05, 4.69) is 22.2 Å². The molecule has 4 heteroatoms. The van der Waals surface area contributed by atoms with E-state index in [4.69, 9.17) is 5.26 Å². The molecule has 0 saturated heterocycles. The molecule has 0 fully saturated rings. The summed E-state index contributed by atoms with van der Waals surface area (Å²) in [7, 11) is 0. The van der Waals surface area contributed by atoms with Gasteiger partial charge in [-0.2, -0.15) is 5.26 Å². The Morgan fingerprint density at radius 2 is 2.17 bits per heavy atom.